The number of Topliss-reactive ketones (excluding diaryl/α,β-unsaturated/α-hetero) is 1. The van der Waals surface area contributed by atoms with Crippen LogP contribution >= 0.6 is 0 Å². The van der Waals surface area contributed by atoms with E-state index < -0.39 is 5.41 Å². The molecule has 0 bridgehead atoms. The van der Waals surface area contributed by atoms with Crippen LogP contribution in [0.1, 0.15) is 89.2 Å². The third-order valence-electron chi connectivity index (χ3n) is 8.87. The molecule has 176 valence electrons. The van der Waals surface area contributed by atoms with Gasteiger partial charge in [-0.15, -0.1) is 0 Å². The van der Waals surface area contributed by atoms with E-state index in [4.69, 9.17) is 10.5 Å². The zero-order chi connectivity index (χ0) is 24.0. The number of nitriles is 1. The second-order valence-electron chi connectivity index (χ2n) is 11.7. The van der Waals surface area contributed by atoms with Crippen LogP contribution in [-0.4, -0.2) is 17.2 Å². The van der Waals surface area contributed by atoms with Crippen molar-refractivity contribution in [2.45, 2.75) is 89.0 Å². The lowest BCUT2D eigenvalue weighted by molar-refractivity contribution is -0.127. The van der Waals surface area contributed by atoms with Gasteiger partial charge in [-0.25, -0.2) is 0 Å². The summed E-state index contributed by atoms with van der Waals surface area (Å²) in [5.74, 6) is 0.376. The number of para-hydroxylation sites is 1. The summed E-state index contributed by atoms with van der Waals surface area (Å²) in [5.41, 5.74) is 7.41. The van der Waals surface area contributed by atoms with Gasteiger partial charge in [0.05, 0.1) is 11.3 Å². The fraction of sp³-hybridized carbons (Fsp3) is 0.536. The Morgan fingerprint density at radius 2 is 1.88 bits per heavy atom. The van der Waals surface area contributed by atoms with Gasteiger partial charge in [0, 0.05) is 23.9 Å². The van der Waals surface area contributed by atoms with Crippen molar-refractivity contribution >= 4 is 17.4 Å². The lowest BCUT2D eigenvalue weighted by atomic mass is 9.62. The molecule has 2 spiro atoms. The number of carbonyl (C=O) groups is 2. The van der Waals surface area contributed by atoms with Crippen molar-refractivity contribution in [2.24, 2.45) is 11.1 Å². The van der Waals surface area contributed by atoms with E-state index in [1.54, 1.807) is 0 Å². The van der Waals surface area contributed by atoms with Gasteiger partial charge in [-0.3, -0.25) is 9.59 Å². The molecule has 34 heavy (non-hydrogen) atoms. The zero-order valence-corrected chi connectivity index (χ0v) is 20.2. The smallest absolute Gasteiger partial charge is 0.248 e. The molecule has 1 aromatic rings. The van der Waals surface area contributed by atoms with Crippen molar-refractivity contribution in [3.63, 3.8) is 0 Å². The van der Waals surface area contributed by atoms with Crippen LogP contribution in [0.3, 0.4) is 0 Å². The Labute approximate surface area is 200 Å². The van der Waals surface area contributed by atoms with Crippen molar-refractivity contribution < 1.29 is 14.3 Å². The molecule has 0 aromatic heterocycles. The number of amides is 1. The van der Waals surface area contributed by atoms with Gasteiger partial charge in [-0.05, 0) is 36.2 Å². The number of rotatable bonds is 0. The first kappa shape index (κ1) is 21.5. The molecule has 2 atom stereocenters. The monoisotopic (exact) mass is 457 g/mol. The van der Waals surface area contributed by atoms with Crippen LogP contribution in [0, 0.1) is 16.7 Å². The van der Waals surface area contributed by atoms with Crippen LogP contribution < -0.4 is 10.6 Å². The standard InChI is InChI=1S/C28H31N3O3/c1-16-12-27(10-5-4-6-11-27)31-23-17(16)8-7-9-18(23)28(25(31)33)19(15-29)24(30)34-21-14-26(2,3)13-20(32)22(21)28/h7-9,16H,4-6,10-14,30H2,1-3H3/t16-,28+/m0/s1. The van der Waals surface area contributed by atoms with Gasteiger partial charge in [0.2, 0.25) is 11.8 Å². The number of hydrogen-bond donors (Lipinski definition) is 1. The first-order valence-electron chi connectivity index (χ1n) is 12.5. The second-order valence-corrected chi connectivity index (χ2v) is 11.7. The van der Waals surface area contributed by atoms with Crippen LogP contribution in [0.4, 0.5) is 5.69 Å². The molecule has 1 amide bonds. The number of carbonyl (C=O) groups excluding carboxylic acids is 2. The van der Waals surface area contributed by atoms with Crippen molar-refractivity contribution in [1.29, 1.82) is 5.26 Å². The topological polar surface area (TPSA) is 96.4 Å². The first-order valence-corrected chi connectivity index (χ1v) is 12.5. The van der Waals surface area contributed by atoms with Gasteiger partial charge >= 0.3 is 0 Å². The number of fused-ring (bicyclic) bond motifs is 3. The largest absolute Gasteiger partial charge is 0.444 e. The summed E-state index contributed by atoms with van der Waals surface area (Å²) >= 11 is 0. The van der Waals surface area contributed by atoms with Crippen molar-refractivity contribution in [3.05, 3.63) is 52.1 Å². The van der Waals surface area contributed by atoms with Crippen LogP contribution in [-0.2, 0) is 19.7 Å². The molecule has 6 nitrogen and oxygen atoms in total. The highest BCUT2D eigenvalue weighted by Crippen LogP contribution is 2.63. The normalized spacial score (nSPS) is 30.9. The van der Waals surface area contributed by atoms with Crippen LogP contribution in [0.25, 0.3) is 0 Å². The Hall–Kier alpha value is -3.07. The quantitative estimate of drug-likeness (QED) is 0.601. The molecule has 0 radical (unpaired) electrons. The summed E-state index contributed by atoms with van der Waals surface area (Å²) in [6.45, 7) is 6.27. The summed E-state index contributed by atoms with van der Waals surface area (Å²) in [7, 11) is 0. The van der Waals surface area contributed by atoms with E-state index >= 15 is 0 Å². The van der Waals surface area contributed by atoms with Crippen LogP contribution in [0.2, 0.25) is 0 Å². The van der Waals surface area contributed by atoms with Gasteiger partial charge in [0.1, 0.15) is 22.8 Å². The molecule has 6 heteroatoms. The van der Waals surface area contributed by atoms with Gasteiger partial charge in [-0.2, -0.15) is 5.26 Å². The van der Waals surface area contributed by atoms with Crippen molar-refractivity contribution in [1.82, 2.24) is 0 Å². The van der Waals surface area contributed by atoms with Crippen molar-refractivity contribution in [3.8, 4) is 6.07 Å². The lowest BCUT2D eigenvalue weighted by Crippen LogP contribution is -2.59. The Morgan fingerprint density at radius 1 is 1.15 bits per heavy atom. The average molecular weight is 458 g/mol. The molecule has 2 N–H and O–H groups in total. The fourth-order valence-electron chi connectivity index (χ4n) is 7.64. The molecule has 2 aliphatic carbocycles. The maximum Gasteiger partial charge on any atom is 0.248 e. The van der Waals surface area contributed by atoms with Crippen LogP contribution in [0.5, 0.6) is 0 Å². The predicted molar refractivity (Wildman–Crippen MR) is 127 cm³/mol. The first-order chi connectivity index (χ1) is 16.2. The number of anilines is 1. The molecular weight excluding hydrogens is 426 g/mol. The highest BCUT2D eigenvalue weighted by Gasteiger charge is 2.67. The zero-order valence-electron chi connectivity index (χ0n) is 20.2. The van der Waals surface area contributed by atoms with E-state index in [-0.39, 0.29) is 40.0 Å². The van der Waals surface area contributed by atoms with Crippen molar-refractivity contribution in [2.75, 3.05) is 4.90 Å². The molecule has 3 aliphatic heterocycles. The summed E-state index contributed by atoms with van der Waals surface area (Å²) in [6.07, 6.45) is 6.91. The third-order valence-corrected chi connectivity index (χ3v) is 8.87. The Balaban J connectivity index is 1.70. The minimum Gasteiger partial charge on any atom is -0.444 e. The van der Waals surface area contributed by atoms with Crippen LogP contribution in [0.15, 0.2) is 41.0 Å². The Bertz CT molecular complexity index is 1260. The number of allylic oxidation sites excluding steroid dienone is 1. The van der Waals surface area contributed by atoms with Gasteiger partial charge in [0.25, 0.3) is 0 Å². The maximum atomic E-state index is 14.9. The predicted octanol–water partition coefficient (Wildman–Crippen LogP) is 4.85. The van der Waals surface area contributed by atoms with E-state index in [0.717, 1.165) is 48.9 Å². The molecule has 1 saturated carbocycles. The molecule has 5 aliphatic rings. The third kappa shape index (κ3) is 2.45. The van der Waals surface area contributed by atoms with E-state index in [0.29, 0.717) is 24.2 Å². The van der Waals surface area contributed by atoms with E-state index in [2.05, 4.69) is 19.1 Å². The minimum atomic E-state index is -1.51. The average Bonchev–Trinajstić information content (AvgIpc) is 3.02. The minimum absolute atomic E-state index is 0.0525. The van der Waals surface area contributed by atoms with E-state index in [1.165, 1.54) is 6.42 Å². The number of nitrogens with two attached hydrogens (primary N) is 1. The molecule has 6 rings (SSSR count). The number of nitrogens with zero attached hydrogens (tertiary/aromatic N) is 2. The highest BCUT2D eigenvalue weighted by molar-refractivity contribution is 6.21. The van der Waals surface area contributed by atoms with Gasteiger partial charge in [-0.1, -0.05) is 58.2 Å². The molecule has 3 heterocycles. The Kier molecular flexibility index (Phi) is 4.26. The fourth-order valence-corrected chi connectivity index (χ4v) is 7.64. The molecule has 1 fully saturated rings. The summed E-state index contributed by atoms with van der Waals surface area (Å²) < 4.78 is 5.95. The van der Waals surface area contributed by atoms with Gasteiger partial charge in [0.15, 0.2) is 5.78 Å². The summed E-state index contributed by atoms with van der Waals surface area (Å²) in [6, 6.07) is 8.20. The molecule has 1 aromatic carbocycles. The summed E-state index contributed by atoms with van der Waals surface area (Å²) in [5, 5.41) is 10.3. The highest BCUT2D eigenvalue weighted by atomic mass is 16.5. The lowest BCUT2D eigenvalue weighted by Gasteiger charge is -2.51. The molecule has 0 saturated heterocycles. The van der Waals surface area contributed by atoms with E-state index in [1.807, 2.05) is 30.9 Å². The Morgan fingerprint density at radius 3 is 2.59 bits per heavy atom. The second kappa shape index (κ2) is 6.75. The number of hydrogen-bond acceptors (Lipinski definition) is 5. The number of ketones is 1. The molecular formula is C28H31N3O3. The molecule has 0 unspecified atom stereocenters. The SMILES string of the molecule is C[C@H]1CC2(CCCCC2)N2C(=O)[C@@]3(C(C#N)=C(N)OC4=C3C(=O)CC(C)(C)C4)c3cccc1c32. The number of ether oxygens (including phenoxy) is 1. The maximum absolute atomic E-state index is 14.9. The van der Waals surface area contributed by atoms with Gasteiger partial charge < -0.3 is 15.4 Å². The number of benzene rings is 1. The summed E-state index contributed by atoms with van der Waals surface area (Å²) in [4.78, 5) is 30.6. The van der Waals surface area contributed by atoms with E-state index in [9.17, 15) is 14.9 Å².